The average Bonchev–Trinajstić information content (AvgIpc) is 2.61. The zero-order chi connectivity index (χ0) is 16.2. The first-order valence-corrected chi connectivity index (χ1v) is 8.26. The Hall–Kier alpha value is -2.18. The quantitative estimate of drug-likeness (QED) is 0.767. The van der Waals surface area contributed by atoms with Crippen LogP contribution in [0.2, 0.25) is 0 Å². The van der Waals surface area contributed by atoms with Crippen molar-refractivity contribution in [3.05, 3.63) is 17.6 Å². The molecule has 2 saturated heterocycles. The van der Waals surface area contributed by atoms with E-state index in [1.807, 2.05) is 11.8 Å². The van der Waals surface area contributed by atoms with Crippen molar-refractivity contribution in [2.75, 3.05) is 44.2 Å². The number of piperidine rings is 1. The number of amides is 2. The van der Waals surface area contributed by atoms with E-state index in [9.17, 15) is 9.59 Å². The molecule has 2 fully saturated rings. The Kier molecular flexibility index (Phi) is 4.73. The van der Waals surface area contributed by atoms with Gasteiger partial charge >= 0.3 is 0 Å². The van der Waals surface area contributed by atoms with Gasteiger partial charge in [-0.1, -0.05) is 0 Å². The van der Waals surface area contributed by atoms with Crippen molar-refractivity contribution in [1.29, 1.82) is 0 Å². The summed E-state index contributed by atoms with van der Waals surface area (Å²) in [6.07, 6.45) is 4.21. The molecular weight excluding hydrogens is 294 g/mol. The normalized spacial score (nSPS) is 18.9. The first-order valence-electron chi connectivity index (χ1n) is 8.26. The highest BCUT2D eigenvalue weighted by molar-refractivity contribution is 5.93. The lowest BCUT2D eigenvalue weighted by Crippen LogP contribution is -2.46. The fourth-order valence-electron chi connectivity index (χ4n) is 3.14. The zero-order valence-corrected chi connectivity index (χ0v) is 13.6. The first kappa shape index (κ1) is 15.7. The predicted molar refractivity (Wildman–Crippen MR) is 86.4 cm³/mol. The Morgan fingerprint density at radius 1 is 1.04 bits per heavy atom. The van der Waals surface area contributed by atoms with E-state index in [0.717, 1.165) is 51.2 Å². The van der Waals surface area contributed by atoms with Crippen LogP contribution in [0.4, 0.5) is 5.82 Å². The lowest BCUT2D eigenvalue weighted by molar-refractivity contribution is -0.118. The van der Waals surface area contributed by atoms with Crippen LogP contribution in [0, 0.1) is 6.92 Å². The molecule has 7 nitrogen and oxygen atoms in total. The lowest BCUT2D eigenvalue weighted by Gasteiger charge is -2.33. The fourth-order valence-corrected chi connectivity index (χ4v) is 3.14. The molecule has 1 aromatic rings. The summed E-state index contributed by atoms with van der Waals surface area (Å²) in [4.78, 5) is 38.0. The molecule has 0 aliphatic carbocycles. The fraction of sp³-hybridized carbons (Fsp3) is 0.625. The largest absolute Gasteiger partial charge is 0.353 e. The van der Waals surface area contributed by atoms with Gasteiger partial charge in [-0.3, -0.25) is 9.59 Å². The van der Waals surface area contributed by atoms with E-state index in [2.05, 4.69) is 14.9 Å². The van der Waals surface area contributed by atoms with Crippen molar-refractivity contribution >= 4 is 18.1 Å². The number of hydrogen-bond acceptors (Lipinski definition) is 5. The number of anilines is 1. The van der Waals surface area contributed by atoms with Crippen molar-refractivity contribution < 1.29 is 9.59 Å². The number of carbonyl (C=O) groups excluding carboxylic acids is 2. The standard InChI is InChI=1S/C16H23N5O2/c1-13-17-14(16(23)21-5-3-2-4-6-21)11-15(18-13)20-9-7-19(12-22)8-10-20/h11-12H,2-10H2,1H3. The van der Waals surface area contributed by atoms with Crippen LogP contribution >= 0.6 is 0 Å². The number of hydrogen-bond donors (Lipinski definition) is 0. The van der Waals surface area contributed by atoms with E-state index in [-0.39, 0.29) is 5.91 Å². The molecule has 0 radical (unpaired) electrons. The molecule has 3 heterocycles. The van der Waals surface area contributed by atoms with Gasteiger partial charge in [-0.15, -0.1) is 0 Å². The van der Waals surface area contributed by atoms with Gasteiger partial charge in [0.15, 0.2) is 0 Å². The van der Waals surface area contributed by atoms with Gasteiger partial charge < -0.3 is 14.7 Å². The molecule has 0 spiro atoms. The van der Waals surface area contributed by atoms with Gasteiger partial charge in [0.05, 0.1) is 0 Å². The van der Waals surface area contributed by atoms with Crippen LogP contribution in [0.3, 0.4) is 0 Å². The zero-order valence-electron chi connectivity index (χ0n) is 13.6. The average molecular weight is 317 g/mol. The van der Waals surface area contributed by atoms with Gasteiger partial charge in [-0.25, -0.2) is 9.97 Å². The second kappa shape index (κ2) is 6.93. The number of aromatic nitrogens is 2. The number of rotatable bonds is 3. The predicted octanol–water partition coefficient (Wildman–Crippen LogP) is 0.690. The van der Waals surface area contributed by atoms with E-state index in [0.29, 0.717) is 24.6 Å². The Morgan fingerprint density at radius 2 is 1.74 bits per heavy atom. The maximum Gasteiger partial charge on any atom is 0.272 e. The monoisotopic (exact) mass is 317 g/mol. The highest BCUT2D eigenvalue weighted by atomic mass is 16.2. The molecular formula is C16H23N5O2. The van der Waals surface area contributed by atoms with Gasteiger partial charge in [0.2, 0.25) is 6.41 Å². The van der Waals surface area contributed by atoms with Gasteiger partial charge in [-0.05, 0) is 26.2 Å². The molecule has 3 rings (SSSR count). The molecule has 0 atom stereocenters. The van der Waals surface area contributed by atoms with Crippen LogP contribution in [-0.4, -0.2) is 71.4 Å². The lowest BCUT2D eigenvalue weighted by atomic mass is 10.1. The summed E-state index contributed by atoms with van der Waals surface area (Å²) >= 11 is 0. The van der Waals surface area contributed by atoms with Crippen LogP contribution in [0.1, 0.15) is 35.6 Å². The Morgan fingerprint density at radius 3 is 2.39 bits per heavy atom. The van der Waals surface area contributed by atoms with Crippen molar-refractivity contribution in [3.63, 3.8) is 0 Å². The van der Waals surface area contributed by atoms with Crippen LogP contribution in [0.25, 0.3) is 0 Å². The van der Waals surface area contributed by atoms with Gasteiger partial charge in [0, 0.05) is 45.3 Å². The maximum atomic E-state index is 12.6. The van der Waals surface area contributed by atoms with Gasteiger partial charge in [-0.2, -0.15) is 0 Å². The number of aryl methyl sites for hydroxylation is 1. The van der Waals surface area contributed by atoms with E-state index >= 15 is 0 Å². The molecule has 0 unspecified atom stereocenters. The molecule has 0 bridgehead atoms. The third kappa shape index (κ3) is 3.60. The Labute approximate surface area is 136 Å². The number of likely N-dealkylation sites (tertiary alicyclic amines) is 1. The minimum Gasteiger partial charge on any atom is -0.353 e. The van der Waals surface area contributed by atoms with E-state index < -0.39 is 0 Å². The van der Waals surface area contributed by atoms with Crippen LogP contribution in [0.5, 0.6) is 0 Å². The van der Waals surface area contributed by atoms with Crippen molar-refractivity contribution in [3.8, 4) is 0 Å². The summed E-state index contributed by atoms with van der Waals surface area (Å²) < 4.78 is 0. The van der Waals surface area contributed by atoms with Crippen LogP contribution in [0.15, 0.2) is 6.07 Å². The summed E-state index contributed by atoms with van der Waals surface area (Å²) in [6.45, 7) is 6.27. The SMILES string of the molecule is Cc1nc(C(=O)N2CCCCC2)cc(N2CCN(C=O)CC2)n1. The summed E-state index contributed by atoms with van der Waals surface area (Å²) in [7, 11) is 0. The van der Waals surface area contributed by atoms with Gasteiger partial charge in [0.25, 0.3) is 5.91 Å². The van der Waals surface area contributed by atoms with E-state index in [4.69, 9.17) is 0 Å². The molecule has 0 saturated carbocycles. The molecule has 1 aromatic heterocycles. The third-order valence-corrected chi connectivity index (χ3v) is 4.47. The third-order valence-electron chi connectivity index (χ3n) is 4.47. The van der Waals surface area contributed by atoms with E-state index in [1.54, 1.807) is 11.0 Å². The topological polar surface area (TPSA) is 69.6 Å². The molecule has 0 aromatic carbocycles. The number of carbonyl (C=O) groups is 2. The highest BCUT2D eigenvalue weighted by Crippen LogP contribution is 2.18. The molecule has 23 heavy (non-hydrogen) atoms. The van der Waals surface area contributed by atoms with Crippen molar-refractivity contribution in [2.45, 2.75) is 26.2 Å². The summed E-state index contributed by atoms with van der Waals surface area (Å²) in [5.74, 6) is 1.40. The van der Waals surface area contributed by atoms with Gasteiger partial charge in [0.1, 0.15) is 17.3 Å². The second-order valence-corrected chi connectivity index (χ2v) is 6.14. The smallest absolute Gasteiger partial charge is 0.272 e. The minimum atomic E-state index is 0.00276. The number of nitrogens with zero attached hydrogens (tertiary/aromatic N) is 5. The Balaban J connectivity index is 1.76. The summed E-state index contributed by atoms with van der Waals surface area (Å²) in [5.41, 5.74) is 0.479. The summed E-state index contributed by atoms with van der Waals surface area (Å²) in [6, 6.07) is 1.79. The Bertz CT molecular complexity index is 578. The van der Waals surface area contributed by atoms with Crippen LogP contribution < -0.4 is 4.90 Å². The van der Waals surface area contributed by atoms with Crippen molar-refractivity contribution in [1.82, 2.24) is 19.8 Å². The highest BCUT2D eigenvalue weighted by Gasteiger charge is 2.23. The molecule has 7 heteroatoms. The number of piperazine rings is 1. The maximum absolute atomic E-state index is 12.6. The first-order chi connectivity index (χ1) is 11.2. The molecule has 2 aliphatic heterocycles. The van der Waals surface area contributed by atoms with Crippen LogP contribution in [-0.2, 0) is 4.79 Å². The minimum absolute atomic E-state index is 0.00276. The molecule has 2 aliphatic rings. The second-order valence-electron chi connectivity index (χ2n) is 6.14. The van der Waals surface area contributed by atoms with E-state index in [1.165, 1.54) is 6.42 Å². The molecule has 2 amide bonds. The van der Waals surface area contributed by atoms with Crippen molar-refractivity contribution in [2.24, 2.45) is 0 Å². The molecule has 124 valence electrons. The molecule has 0 N–H and O–H groups in total. The summed E-state index contributed by atoms with van der Waals surface area (Å²) in [5, 5.41) is 0.